The summed E-state index contributed by atoms with van der Waals surface area (Å²) >= 11 is 0. The smallest absolute Gasteiger partial charge is 0.150 e. The van der Waals surface area contributed by atoms with E-state index in [4.69, 9.17) is 0 Å². The number of ketones is 1. The monoisotopic (exact) mass is 274 g/mol. The fourth-order valence-corrected chi connectivity index (χ4v) is 4.24. The normalized spacial score (nSPS) is 25.7. The molecule has 2 atom stereocenters. The zero-order valence-electron chi connectivity index (χ0n) is 11.8. The third-order valence-electron chi connectivity index (χ3n) is 4.04. The number of carbonyl (C=O) groups excluding carboxylic acids is 1. The molecule has 4 heteroatoms. The molecule has 0 amide bonds. The molecule has 1 aliphatic rings. The lowest BCUT2D eigenvalue weighted by Crippen LogP contribution is -2.29. The highest BCUT2D eigenvalue weighted by Gasteiger charge is 2.30. The molecule has 106 valence electrons. The molecule has 0 radical (unpaired) electrons. The molecule has 0 aromatic heterocycles. The molecular formula is C14H26O3S. The van der Waals surface area contributed by atoms with Gasteiger partial charge in [-0.1, -0.05) is 20.8 Å². The third-order valence-corrected chi connectivity index (χ3v) is 5.93. The quantitative estimate of drug-likeness (QED) is 0.748. The van der Waals surface area contributed by atoms with Crippen molar-refractivity contribution in [3.8, 4) is 0 Å². The minimum absolute atomic E-state index is 0.0159. The summed E-state index contributed by atoms with van der Waals surface area (Å²) in [5.41, 5.74) is 0. The Morgan fingerprint density at radius 3 is 2.50 bits per heavy atom. The van der Waals surface area contributed by atoms with Gasteiger partial charge in [0.2, 0.25) is 0 Å². The van der Waals surface area contributed by atoms with Crippen LogP contribution in [0.25, 0.3) is 0 Å². The van der Waals surface area contributed by atoms with Crippen LogP contribution in [0, 0.1) is 17.8 Å². The number of hydrogen-bond acceptors (Lipinski definition) is 3. The van der Waals surface area contributed by atoms with E-state index in [9.17, 15) is 13.2 Å². The van der Waals surface area contributed by atoms with Gasteiger partial charge in [0, 0.05) is 18.1 Å². The summed E-state index contributed by atoms with van der Waals surface area (Å²) in [7, 11) is -2.94. The van der Waals surface area contributed by atoms with Gasteiger partial charge in [0.05, 0.1) is 5.75 Å². The molecule has 3 nitrogen and oxygen atoms in total. The molecule has 0 N–H and O–H groups in total. The fraction of sp³-hybridized carbons (Fsp3) is 0.929. The Balaban J connectivity index is 2.52. The largest absolute Gasteiger partial charge is 0.299 e. The minimum atomic E-state index is -2.94. The molecule has 0 aromatic carbocycles. The van der Waals surface area contributed by atoms with Crippen LogP contribution in [-0.2, 0) is 14.6 Å². The van der Waals surface area contributed by atoms with Crippen molar-refractivity contribution in [3.05, 3.63) is 0 Å². The summed E-state index contributed by atoms with van der Waals surface area (Å²) < 4.78 is 23.4. The molecule has 1 aliphatic carbocycles. The van der Waals surface area contributed by atoms with Crippen molar-refractivity contribution >= 4 is 15.6 Å². The Morgan fingerprint density at radius 1 is 1.28 bits per heavy atom. The first-order chi connectivity index (χ1) is 8.35. The molecule has 1 rings (SSSR count). The van der Waals surface area contributed by atoms with Crippen LogP contribution in [0.2, 0.25) is 0 Å². The Bertz CT molecular complexity index is 371. The van der Waals surface area contributed by atoms with Gasteiger partial charge >= 0.3 is 0 Å². The molecule has 0 spiro atoms. The molecule has 0 bridgehead atoms. The van der Waals surface area contributed by atoms with Crippen LogP contribution in [0.15, 0.2) is 0 Å². The predicted octanol–water partition coefficient (Wildman–Crippen LogP) is 2.84. The van der Waals surface area contributed by atoms with Crippen LogP contribution < -0.4 is 0 Å². The predicted molar refractivity (Wildman–Crippen MR) is 74.2 cm³/mol. The maximum absolute atomic E-state index is 11.8. The van der Waals surface area contributed by atoms with Gasteiger partial charge in [0.25, 0.3) is 0 Å². The van der Waals surface area contributed by atoms with Crippen LogP contribution in [0.3, 0.4) is 0 Å². The van der Waals surface area contributed by atoms with Crippen molar-refractivity contribution in [3.63, 3.8) is 0 Å². The summed E-state index contributed by atoms with van der Waals surface area (Å²) in [6, 6.07) is 0. The molecular weight excluding hydrogens is 248 g/mol. The van der Waals surface area contributed by atoms with E-state index < -0.39 is 9.84 Å². The van der Waals surface area contributed by atoms with Crippen molar-refractivity contribution in [2.45, 2.75) is 52.9 Å². The van der Waals surface area contributed by atoms with E-state index in [1.807, 2.05) is 6.92 Å². The lowest BCUT2D eigenvalue weighted by molar-refractivity contribution is -0.126. The van der Waals surface area contributed by atoms with Crippen molar-refractivity contribution < 1.29 is 13.2 Å². The second-order valence-corrected chi connectivity index (χ2v) is 8.19. The van der Waals surface area contributed by atoms with E-state index in [1.54, 1.807) is 0 Å². The molecule has 1 saturated carbocycles. The fourth-order valence-electron chi connectivity index (χ4n) is 2.77. The summed E-state index contributed by atoms with van der Waals surface area (Å²) in [6.45, 7) is 6.24. The van der Waals surface area contributed by atoms with Gasteiger partial charge in [-0.2, -0.15) is 0 Å². The topological polar surface area (TPSA) is 51.2 Å². The molecule has 0 heterocycles. The number of carbonyl (C=O) groups is 1. The molecule has 0 aromatic rings. The second-order valence-electron chi connectivity index (χ2n) is 5.88. The first-order valence-electron chi connectivity index (χ1n) is 7.09. The first kappa shape index (κ1) is 15.7. The highest BCUT2D eigenvalue weighted by Crippen LogP contribution is 2.33. The van der Waals surface area contributed by atoms with Gasteiger partial charge in [-0.15, -0.1) is 0 Å². The van der Waals surface area contributed by atoms with E-state index in [-0.39, 0.29) is 23.2 Å². The Morgan fingerprint density at radius 2 is 1.94 bits per heavy atom. The van der Waals surface area contributed by atoms with Gasteiger partial charge in [-0.05, 0) is 37.5 Å². The molecule has 18 heavy (non-hydrogen) atoms. The lowest BCUT2D eigenvalue weighted by atomic mass is 9.75. The number of rotatable bonds is 6. The van der Waals surface area contributed by atoms with Crippen molar-refractivity contribution in [1.82, 2.24) is 0 Å². The van der Waals surface area contributed by atoms with E-state index >= 15 is 0 Å². The van der Waals surface area contributed by atoms with E-state index in [1.165, 1.54) is 0 Å². The molecule has 0 saturated heterocycles. The summed E-state index contributed by atoms with van der Waals surface area (Å²) in [4.78, 5) is 11.8. The Labute approximate surface area is 111 Å². The zero-order valence-corrected chi connectivity index (χ0v) is 12.6. The van der Waals surface area contributed by atoms with E-state index in [0.717, 1.165) is 12.8 Å². The first-order valence-corrected chi connectivity index (χ1v) is 8.91. The van der Waals surface area contributed by atoms with Crippen LogP contribution in [0.5, 0.6) is 0 Å². The molecule has 0 aliphatic heterocycles. The maximum Gasteiger partial charge on any atom is 0.150 e. The Hall–Kier alpha value is -0.380. The number of hydrogen-bond donors (Lipinski definition) is 0. The van der Waals surface area contributed by atoms with Gasteiger partial charge in [0.15, 0.2) is 0 Å². The molecule has 1 fully saturated rings. The summed E-state index contributed by atoms with van der Waals surface area (Å²) in [5, 5.41) is 0. The average molecular weight is 274 g/mol. The molecule has 2 unspecified atom stereocenters. The van der Waals surface area contributed by atoms with Crippen LogP contribution in [0.4, 0.5) is 0 Å². The van der Waals surface area contributed by atoms with Crippen molar-refractivity contribution in [2.75, 3.05) is 11.5 Å². The van der Waals surface area contributed by atoms with E-state index in [0.29, 0.717) is 31.1 Å². The van der Waals surface area contributed by atoms with Crippen LogP contribution >= 0.6 is 0 Å². The lowest BCUT2D eigenvalue weighted by Gasteiger charge is -2.30. The second kappa shape index (κ2) is 6.69. The van der Waals surface area contributed by atoms with Gasteiger partial charge in [0.1, 0.15) is 15.6 Å². The third kappa shape index (κ3) is 4.71. The van der Waals surface area contributed by atoms with Crippen LogP contribution in [0.1, 0.15) is 52.9 Å². The summed E-state index contributed by atoms with van der Waals surface area (Å²) in [5.74, 6) is 1.87. The average Bonchev–Trinajstić information content (AvgIpc) is 2.27. The van der Waals surface area contributed by atoms with Gasteiger partial charge < -0.3 is 0 Å². The van der Waals surface area contributed by atoms with Crippen molar-refractivity contribution in [2.24, 2.45) is 17.8 Å². The van der Waals surface area contributed by atoms with Crippen molar-refractivity contribution in [1.29, 1.82) is 0 Å². The zero-order chi connectivity index (χ0) is 13.8. The van der Waals surface area contributed by atoms with E-state index in [2.05, 4.69) is 13.8 Å². The summed E-state index contributed by atoms with van der Waals surface area (Å²) in [6.07, 6.45) is 3.70. The number of sulfone groups is 1. The van der Waals surface area contributed by atoms with Gasteiger partial charge in [-0.3, -0.25) is 4.79 Å². The standard InChI is InChI=1S/C14H26O3S/c1-4-8-18(16,17)9-7-13-10-12(11(2)3)5-6-14(13)15/h11-13H,4-10H2,1-3H3. The SMILES string of the molecule is CCCS(=O)(=O)CCC1CC(C(C)C)CCC1=O. The highest BCUT2D eigenvalue weighted by atomic mass is 32.2. The highest BCUT2D eigenvalue weighted by molar-refractivity contribution is 7.91. The minimum Gasteiger partial charge on any atom is -0.299 e. The maximum atomic E-state index is 11.8. The Kier molecular flexibility index (Phi) is 5.83. The number of Topliss-reactive ketones (excluding diaryl/α,β-unsaturated/α-hetero) is 1. The van der Waals surface area contributed by atoms with Gasteiger partial charge in [-0.25, -0.2) is 8.42 Å². The van der Waals surface area contributed by atoms with Crippen LogP contribution in [-0.4, -0.2) is 25.7 Å².